The molecule has 6 heteroatoms. The minimum Gasteiger partial charge on any atom is -0.445 e. The van der Waals surface area contributed by atoms with Crippen molar-refractivity contribution in [2.24, 2.45) is 5.11 Å². The number of amides is 1. The van der Waals surface area contributed by atoms with Crippen LogP contribution in [0.15, 0.2) is 35.4 Å². The average Bonchev–Trinajstić information content (AvgIpc) is 2.72. The van der Waals surface area contributed by atoms with Crippen molar-refractivity contribution in [2.45, 2.75) is 31.9 Å². The summed E-state index contributed by atoms with van der Waals surface area (Å²) < 4.78 is 5.30. The molecule has 0 aromatic heterocycles. The maximum Gasteiger partial charge on any atom is 0.410 e. The Morgan fingerprint density at radius 1 is 1.35 bits per heavy atom. The van der Waals surface area contributed by atoms with E-state index in [1.54, 1.807) is 4.90 Å². The topological polar surface area (TPSA) is 78.3 Å². The van der Waals surface area contributed by atoms with Gasteiger partial charge in [0.2, 0.25) is 0 Å². The minimum absolute atomic E-state index is 0.00748. The Morgan fingerprint density at radius 2 is 2.15 bits per heavy atom. The van der Waals surface area contributed by atoms with Gasteiger partial charge in [0.15, 0.2) is 0 Å². The van der Waals surface area contributed by atoms with Crippen LogP contribution in [0.2, 0.25) is 0 Å². The molecule has 0 N–H and O–H groups in total. The van der Waals surface area contributed by atoms with Gasteiger partial charge in [-0.15, -0.1) is 0 Å². The molecule has 1 saturated heterocycles. The standard InChI is InChI=1S/C14H18N4O2/c15-17-16-13-7-4-9-18(10-8-13)14(19)20-11-12-5-2-1-3-6-12/h1-3,5-6,13H,4,7-11H2/t13-/m0/s1. The van der Waals surface area contributed by atoms with Crippen molar-refractivity contribution >= 4 is 6.09 Å². The van der Waals surface area contributed by atoms with Crippen LogP contribution in [0.4, 0.5) is 4.79 Å². The quantitative estimate of drug-likeness (QED) is 0.480. The van der Waals surface area contributed by atoms with Gasteiger partial charge in [-0.25, -0.2) is 4.79 Å². The Bertz CT molecular complexity index is 485. The van der Waals surface area contributed by atoms with E-state index >= 15 is 0 Å². The van der Waals surface area contributed by atoms with Crippen molar-refractivity contribution in [3.8, 4) is 0 Å². The molecule has 1 amide bonds. The van der Waals surface area contributed by atoms with Crippen LogP contribution in [-0.2, 0) is 11.3 Å². The van der Waals surface area contributed by atoms with E-state index in [4.69, 9.17) is 10.3 Å². The normalized spacial score (nSPS) is 18.8. The summed E-state index contributed by atoms with van der Waals surface area (Å²) in [6.45, 7) is 1.53. The SMILES string of the molecule is [N-]=[N+]=N[C@H]1CCCN(C(=O)OCc2ccccc2)CC1. The van der Waals surface area contributed by atoms with Gasteiger partial charge in [-0.05, 0) is 30.4 Å². The number of nitrogens with zero attached hydrogens (tertiary/aromatic N) is 4. The number of benzene rings is 1. The lowest BCUT2D eigenvalue weighted by Gasteiger charge is -2.19. The first-order valence-electron chi connectivity index (χ1n) is 6.79. The van der Waals surface area contributed by atoms with Gasteiger partial charge < -0.3 is 9.64 Å². The smallest absolute Gasteiger partial charge is 0.410 e. The molecule has 2 rings (SSSR count). The summed E-state index contributed by atoms with van der Waals surface area (Å²) in [6, 6.07) is 9.60. The van der Waals surface area contributed by atoms with E-state index in [-0.39, 0.29) is 18.7 Å². The molecule has 0 radical (unpaired) electrons. The number of ether oxygens (including phenoxy) is 1. The van der Waals surface area contributed by atoms with E-state index < -0.39 is 0 Å². The second kappa shape index (κ2) is 7.40. The predicted octanol–water partition coefficient (Wildman–Crippen LogP) is 3.49. The summed E-state index contributed by atoms with van der Waals surface area (Å²) >= 11 is 0. The molecule has 1 aromatic rings. The molecule has 6 nitrogen and oxygen atoms in total. The molecular weight excluding hydrogens is 256 g/mol. The molecule has 0 bridgehead atoms. The summed E-state index contributed by atoms with van der Waals surface area (Å²) in [5.74, 6) is 0. The van der Waals surface area contributed by atoms with E-state index in [9.17, 15) is 4.79 Å². The first-order valence-corrected chi connectivity index (χ1v) is 6.79. The third kappa shape index (κ3) is 4.17. The van der Waals surface area contributed by atoms with E-state index in [1.807, 2.05) is 30.3 Å². The van der Waals surface area contributed by atoms with Crippen LogP contribution in [0.1, 0.15) is 24.8 Å². The summed E-state index contributed by atoms with van der Waals surface area (Å²) in [6.07, 6.45) is 2.07. The largest absolute Gasteiger partial charge is 0.445 e. The van der Waals surface area contributed by atoms with Crippen molar-refractivity contribution < 1.29 is 9.53 Å². The zero-order valence-electron chi connectivity index (χ0n) is 11.3. The van der Waals surface area contributed by atoms with Crippen molar-refractivity contribution in [1.82, 2.24) is 4.90 Å². The highest BCUT2D eigenvalue weighted by Crippen LogP contribution is 2.15. The maximum absolute atomic E-state index is 12.0. The van der Waals surface area contributed by atoms with Gasteiger partial charge in [0, 0.05) is 24.0 Å². The molecule has 106 valence electrons. The van der Waals surface area contributed by atoms with Gasteiger partial charge in [0.05, 0.1) is 0 Å². The molecule has 1 aromatic carbocycles. The summed E-state index contributed by atoms with van der Waals surface area (Å²) in [5, 5.41) is 3.73. The Hall–Kier alpha value is -2.20. The van der Waals surface area contributed by atoms with Gasteiger partial charge in [0.25, 0.3) is 0 Å². The Kier molecular flexibility index (Phi) is 5.26. The van der Waals surface area contributed by atoms with Crippen molar-refractivity contribution in [3.05, 3.63) is 46.3 Å². The minimum atomic E-state index is -0.296. The molecule has 1 heterocycles. The summed E-state index contributed by atoms with van der Waals surface area (Å²) in [4.78, 5) is 16.5. The zero-order chi connectivity index (χ0) is 14.2. The number of azide groups is 1. The number of likely N-dealkylation sites (tertiary alicyclic amines) is 1. The Labute approximate surface area is 118 Å². The summed E-state index contributed by atoms with van der Waals surface area (Å²) in [7, 11) is 0. The molecule has 0 spiro atoms. The van der Waals surface area contributed by atoms with E-state index in [0.717, 1.165) is 18.4 Å². The molecule has 0 saturated carbocycles. The number of carbonyl (C=O) groups excluding carboxylic acids is 1. The third-order valence-electron chi connectivity index (χ3n) is 3.38. The highest BCUT2D eigenvalue weighted by molar-refractivity contribution is 5.67. The number of carbonyl (C=O) groups is 1. The van der Waals surface area contributed by atoms with Crippen LogP contribution in [0.3, 0.4) is 0 Å². The van der Waals surface area contributed by atoms with E-state index in [0.29, 0.717) is 19.5 Å². The highest BCUT2D eigenvalue weighted by atomic mass is 16.6. The van der Waals surface area contributed by atoms with Gasteiger partial charge >= 0.3 is 6.09 Å². The molecule has 1 aliphatic heterocycles. The second-order valence-electron chi connectivity index (χ2n) is 4.82. The van der Waals surface area contributed by atoms with Crippen LogP contribution >= 0.6 is 0 Å². The number of hydrogen-bond acceptors (Lipinski definition) is 3. The first-order chi connectivity index (χ1) is 9.79. The lowest BCUT2D eigenvalue weighted by molar-refractivity contribution is 0.0973. The lowest BCUT2D eigenvalue weighted by Crippen LogP contribution is -2.32. The van der Waals surface area contributed by atoms with Gasteiger partial charge in [-0.3, -0.25) is 0 Å². The molecular formula is C14H18N4O2. The molecule has 0 unspecified atom stereocenters. The Balaban J connectivity index is 1.82. The van der Waals surface area contributed by atoms with Gasteiger partial charge in [-0.2, -0.15) is 0 Å². The predicted molar refractivity (Wildman–Crippen MR) is 75.0 cm³/mol. The molecule has 20 heavy (non-hydrogen) atoms. The van der Waals surface area contributed by atoms with Crippen molar-refractivity contribution in [3.63, 3.8) is 0 Å². The van der Waals surface area contributed by atoms with Crippen molar-refractivity contribution in [2.75, 3.05) is 13.1 Å². The third-order valence-corrected chi connectivity index (χ3v) is 3.38. The summed E-state index contributed by atoms with van der Waals surface area (Å²) in [5.41, 5.74) is 9.42. The molecule has 1 atom stereocenters. The molecule has 1 aliphatic rings. The highest BCUT2D eigenvalue weighted by Gasteiger charge is 2.20. The van der Waals surface area contributed by atoms with Crippen LogP contribution in [0.5, 0.6) is 0 Å². The number of rotatable bonds is 3. The lowest BCUT2D eigenvalue weighted by atomic mass is 10.1. The van der Waals surface area contributed by atoms with Gasteiger partial charge in [-0.1, -0.05) is 35.4 Å². The Morgan fingerprint density at radius 3 is 2.90 bits per heavy atom. The molecule has 1 fully saturated rings. The fraction of sp³-hybridized carbons (Fsp3) is 0.500. The van der Waals surface area contributed by atoms with E-state index in [1.165, 1.54) is 0 Å². The van der Waals surface area contributed by atoms with Crippen LogP contribution in [0, 0.1) is 0 Å². The van der Waals surface area contributed by atoms with Gasteiger partial charge in [0.1, 0.15) is 6.61 Å². The van der Waals surface area contributed by atoms with Crippen molar-refractivity contribution in [1.29, 1.82) is 0 Å². The second-order valence-corrected chi connectivity index (χ2v) is 4.82. The monoisotopic (exact) mass is 274 g/mol. The zero-order valence-corrected chi connectivity index (χ0v) is 11.3. The number of hydrogen-bond donors (Lipinski definition) is 0. The van der Waals surface area contributed by atoms with Crippen LogP contribution in [-0.4, -0.2) is 30.1 Å². The maximum atomic E-state index is 12.0. The van der Waals surface area contributed by atoms with Crippen LogP contribution < -0.4 is 0 Å². The fourth-order valence-electron chi connectivity index (χ4n) is 2.26. The average molecular weight is 274 g/mol. The van der Waals surface area contributed by atoms with Crippen LogP contribution in [0.25, 0.3) is 10.4 Å². The first kappa shape index (κ1) is 14.2. The fourth-order valence-corrected chi connectivity index (χ4v) is 2.26. The molecule has 0 aliphatic carbocycles. The van der Waals surface area contributed by atoms with E-state index in [2.05, 4.69) is 10.0 Å².